The van der Waals surface area contributed by atoms with Crippen molar-refractivity contribution in [1.29, 1.82) is 0 Å². The Bertz CT molecular complexity index is 393. The molecule has 0 heterocycles. The van der Waals surface area contributed by atoms with E-state index in [1.165, 1.54) is 0 Å². The Morgan fingerprint density at radius 1 is 1.14 bits per heavy atom. The quantitative estimate of drug-likeness (QED) is 0.687. The topological polar surface area (TPSA) is 66.3 Å². The van der Waals surface area contributed by atoms with E-state index >= 15 is 0 Å². The highest BCUT2D eigenvalue weighted by Gasteiger charge is 2.10. The van der Waals surface area contributed by atoms with Crippen LogP contribution in [0.15, 0.2) is 12.1 Å². The van der Waals surface area contributed by atoms with Crippen LogP contribution in [0, 0.1) is 20.8 Å². The Balaban J connectivity index is 3.39. The van der Waals surface area contributed by atoms with Crippen LogP contribution in [0.5, 0.6) is 0 Å². The zero-order valence-corrected chi connectivity index (χ0v) is 9.26. The van der Waals surface area contributed by atoms with Gasteiger partial charge < -0.3 is 14.9 Å². The van der Waals surface area contributed by atoms with Crippen molar-refractivity contribution < 1.29 is 14.9 Å². The van der Waals surface area contributed by atoms with Crippen LogP contribution in [-0.4, -0.2) is 10.6 Å². The number of rotatable bonds is 1. The minimum Gasteiger partial charge on any atom is -0.631 e. The zero-order valence-electron chi connectivity index (χ0n) is 8.37. The van der Waals surface area contributed by atoms with Gasteiger partial charge in [-0.2, -0.15) is 0 Å². The number of benzene rings is 1. The van der Waals surface area contributed by atoms with Gasteiger partial charge in [0.1, 0.15) is 0 Å². The highest BCUT2D eigenvalue weighted by Crippen LogP contribution is 2.19. The number of hydrogen-bond donors (Lipinski definition) is 1. The van der Waals surface area contributed by atoms with Gasteiger partial charge in [0.25, 0.3) is 0 Å². The van der Waals surface area contributed by atoms with E-state index in [4.69, 9.17) is 0 Å². The summed E-state index contributed by atoms with van der Waals surface area (Å²) in [6, 6.07) is 3.42. The summed E-state index contributed by atoms with van der Waals surface area (Å²) in [5.74, 6) is 0. The smallest absolute Gasteiger partial charge is 0.246 e. The van der Waals surface area contributed by atoms with Crippen molar-refractivity contribution >= 4 is 13.5 Å². The molecule has 0 aromatic heterocycles. The van der Waals surface area contributed by atoms with Crippen LogP contribution in [0.1, 0.15) is 22.3 Å². The van der Waals surface area contributed by atoms with Gasteiger partial charge in [0.2, 0.25) is 5.48 Å². The Labute approximate surface area is 84.2 Å². The van der Waals surface area contributed by atoms with Crippen LogP contribution in [-0.2, 0) is 0 Å². The van der Waals surface area contributed by atoms with Crippen LogP contribution >= 0.6 is 8.00 Å². The summed E-state index contributed by atoms with van der Waals surface area (Å²) < 4.78 is 0. The molecule has 0 amide bonds. The Morgan fingerprint density at radius 2 is 1.71 bits per heavy atom. The summed E-state index contributed by atoms with van der Waals surface area (Å²) in [5, 5.41) is 9.31. The normalized spacial score (nSPS) is 10.1. The molecule has 0 radical (unpaired) electrons. The summed E-state index contributed by atoms with van der Waals surface area (Å²) in [4.78, 5) is 21.2. The third-order valence-electron chi connectivity index (χ3n) is 2.47. The highest BCUT2D eigenvalue weighted by molar-refractivity contribution is 7.44. The average Bonchev–Trinajstić information content (AvgIpc) is 2.13. The molecule has 0 fully saturated rings. The SMILES string of the molecule is Cc1ccc(C(O)=[P+]([O-])[O-])c(C)c1C. The summed E-state index contributed by atoms with van der Waals surface area (Å²) in [6.07, 6.45) is 0. The van der Waals surface area contributed by atoms with E-state index in [2.05, 4.69) is 0 Å². The van der Waals surface area contributed by atoms with Gasteiger partial charge in [-0.15, -0.1) is 0 Å². The third-order valence-corrected chi connectivity index (χ3v) is 3.06. The molecule has 14 heavy (non-hydrogen) atoms. The summed E-state index contributed by atoms with van der Waals surface area (Å²) >= 11 is 0. The standard InChI is InChI=1S/C10H13O3P/c1-6-4-5-9(8(3)7(6)2)10(11)14(12)13/h4-5,11H,1-3H3,(H,12,13)/p-1. The second-order valence-corrected chi connectivity index (χ2v) is 4.20. The number of aryl methyl sites for hydroxylation is 1. The molecule has 1 aromatic carbocycles. The fourth-order valence-electron chi connectivity index (χ4n) is 1.30. The van der Waals surface area contributed by atoms with Crippen LogP contribution in [0.3, 0.4) is 0 Å². The third kappa shape index (κ3) is 2.02. The van der Waals surface area contributed by atoms with Crippen LogP contribution < -0.4 is 9.79 Å². The minimum absolute atomic E-state index is 0.393. The molecule has 0 aliphatic rings. The Morgan fingerprint density at radius 3 is 2.21 bits per heavy atom. The molecule has 0 aliphatic heterocycles. The molecule has 0 atom stereocenters. The van der Waals surface area contributed by atoms with E-state index < -0.39 is 13.5 Å². The fraction of sp³-hybridized carbons (Fsp3) is 0.300. The van der Waals surface area contributed by atoms with Gasteiger partial charge in [-0.1, -0.05) is 6.07 Å². The molecule has 0 saturated carbocycles. The number of hydrogen-bond acceptors (Lipinski definition) is 2. The van der Waals surface area contributed by atoms with Crippen LogP contribution in [0.25, 0.3) is 0 Å². The average molecular weight is 211 g/mol. The maximum atomic E-state index is 10.6. The first-order chi connectivity index (χ1) is 6.45. The molecular weight excluding hydrogens is 199 g/mol. The van der Waals surface area contributed by atoms with E-state index in [0.29, 0.717) is 5.56 Å². The first-order valence-electron chi connectivity index (χ1n) is 4.22. The summed E-state index contributed by atoms with van der Waals surface area (Å²) in [7, 11) is -2.90. The Kier molecular flexibility index (Phi) is 3.40. The van der Waals surface area contributed by atoms with Crippen LogP contribution in [0.4, 0.5) is 0 Å². The second-order valence-electron chi connectivity index (χ2n) is 3.26. The summed E-state index contributed by atoms with van der Waals surface area (Å²) in [6.45, 7) is 5.65. The lowest BCUT2D eigenvalue weighted by molar-refractivity contribution is -0.282. The van der Waals surface area contributed by atoms with Crippen molar-refractivity contribution in [2.45, 2.75) is 20.8 Å². The van der Waals surface area contributed by atoms with E-state index in [0.717, 1.165) is 16.7 Å². The van der Waals surface area contributed by atoms with Gasteiger partial charge in [0, 0.05) is 8.00 Å². The molecule has 76 valence electrons. The monoisotopic (exact) mass is 211 g/mol. The van der Waals surface area contributed by atoms with E-state index in [9.17, 15) is 14.9 Å². The van der Waals surface area contributed by atoms with Crippen LogP contribution in [0.2, 0.25) is 0 Å². The highest BCUT2D eigenvalue weighted by atomic mass is 31.1. The van der Waals surface area contributed by atoms with Crippen molar-refractivity contribution in [3.8, 4) is 0 Å². The van der Waals surface area contributed by atoms with Gasteiger partial charge >= 0.3 is 0 Å². The predicted octanol–water partition coefficient (Wildman–Crippen LogP) is 0.495. The lowest BCUT2D eigenvalue weighted by atomic mass is 9.99. The van der Waals surface area contributed by atoms with Gasteiger partial charge in [0.15, 0.2) is 0 Å². The van der Waals surface area contributed by atoms with Crippen molar-refractivity contribution in [3.05, 3.63) is 34.4 Å². The second kappa shape index (κ2) is 4.20. The molecular formula is C10H12O3P-. The lowest BCUT2D eigenvalue weighted by Crippen LogP contribution is -2.13. The molecule has 3 nitrogen and oxygen atoms in total. The van der Waals surface area contributed by atoms with Gasteiger partial charge in [-0.05, 0) is 43.5 Å². The van der Waals surface area contributed by atoms with E-state index in [1.807, 2.05) is 13.8 Å². The van der Waals surface area contributed by atoms with E-state index in [1.54, 1.807) is 19.1 Å². The predicted molar refractivity (Wildman–Crippen MR) is 53.6 cm³/mol. The number of aliphatic hydroxyl groups is 1. The maximum Gasteiger partial charge on any atom is 0.246 e. The van der Waals surface area contributed by atoms with Crippen molar-refractivity contribution in [2.24, 2.45) is 0 Å². The molecule has 0 aliphatic carbocycles. The van der Waals surface area contributed by atoms with Crippen molar-refractivity contribution in [2.75, 3.05) is 0 Å². The van der Waals surface area contributed by atoms with Crippen molar-refractivity contribution in [1.82, 2.24) is 0 Å². The number of aliphatic hydroxyl groups excluding tert-OH is 1. The fourth-order valence-corrected chi connectivity index (χ4v) is 1.74. The molecule has 0 saturated heterocycles. The first-order valence-corrected chi connectivity index (χ1v) is 5.40. The summed E-state index contributed by atoms with van der Waals surface area (Å²) in [5.41, 5.74) is 2.73. The van der Waals surface area contributed by atoms with E-state index in [-0.39, 0.29) is 0 Å². The molecule has 4 heteroatoms. The lowest BCUT2D eigenvalue weighted by Gasteiger charge is -2.10. The molecule has 0 spiro atoms. The van der Waals surface area contributed by atoms with Crippen molar-refractivity contribution in [3.63, 3.8) is 0 Å². The molecule has 1 rings (SSSR count). The molecule has 1 N–H and O–H groups in total. The molecule has 0 unspecified atom stereocenters. The molecule has 0 bridgehead atoms. The van der Waals surface area contributed by atoms with Gasteiger partial charge in [-0.25, -0.2) is 0 Å². The van der Waals surface area contributed by atoms with Gasteiger partial charge in [-0.3, -0.25) is 0 Å². The largest absolute Gasteiger partial charge is 0.631 e. The Hall–Kier alpha value is -0.730. The molecule has 1 aromatic rings. The maximum absolute atomic E-state index is 10.6. The van der Waals surface area contributed by atoms with Gasteiger partial charge in [0.05, 0.1) is 5.56 Å². The first kappa shape index (κ1) is 11.3. The minimum atomic E-state index is -2.90. The zero-order chi connectivity index (χ0) is 10.9.